The Morgan fingerprint density at radius 1 is 1.00 bits per heavy atom. The number of nitrogens with zero attached hydrogens (tertiary/aromatic N) is 1. The average Bonchev–Trinajstić information content (AvgIpc) is 3.72. The maximum absolute atomic E-state index is 13.7. The molecular formula is C35H39NO2. The number of rotatable bonds is 4. The molecule has 3 fully saturated rings. The fourth-order valence-corrected chi connectivity index (χ4v) is 9.08. The SMILES string of the molecule is Cc1ccc(-c2ccc([C@H]3C[C@@]4(C)[C@@H](C[C@@H](C)[C@@H]4C(=O)C4CC4)[C@@H]4CCC5=CC(=O)CCC5=C43)cc2)nc1. The first-order valence-electron chi connectivity index (χ1n) is 14.9. The van der Waals surface area contributed by atoms with Crippen LogP contribution in [0.4, 0.5) is 0 Å². The van der Waals surface area contributed by atoms with Gasteiger partial charge in [-0.25, -0.2) is 0 Å². The van der Waals surface area contributed by atoms with Crippen LogP contribution < -0.4 is 0 Å². The summed E-state index contributed by atoms with van der Waals surface area (Å²) >= 11 is 0. The number of hydrogen-bond donors (Lipinski definition) is 0. The number of ketones is 2. The van der Waals surface area contributed by atoms with E-state index in [1.165, 1.54) is 28.7 Å². The molecule has 196 valence electrons. The van der Waals surface area contributed by atoms with E-state index in [0.717, 1.165) is 49.8 Å². The normalized spacial score (nSPS) is 34.3. The molecule has 3 saturated carbocycles. The van der Waals surface area contributed by atoms with Crippen LogP contribution in [0.15, 0.2) is 65.4 Å². The highest BCUT2D eigenvalue weighted by Crippen LogP contribution is 2.67. The third-order valence-corrected chi connectivity index (χ3v) is 10.9. The summed E-state index contributed by atoms with van der Waals surface area (Å²) in [5.74, 6) is 3.24. The van der Waals surface area contributed by atoms with Gasteiger partial charge in [-0.2, -0.15) is 0 Å². The molecule has 6 atom stereocenters. The topological polar surface area (TPSA) is 47.0 Å². The minimum atomic E-state index is 0.0430. The highest BCUT2D eigenvalue weighted by atomic mass is 16.1. The highest BCUT2D eigenvalue weighted by molar-refractivity contribution is 5.93. The molecule has 0 unspecified atom stereocenters. The van der Waals surface area contributed by atoms with E-state index in [0.29, 0.717) is 47.6 Å². The molecule has 1 aromatic heterocycles. The summed E-state index contributed by atoms with van der Waals surface area (Å²) in [6, 6.07) is 13.3. The van der Waals surface area contributed by atoms with Crippen molar-refractivity contribution in [3.8, 4) is 11.3 Å². The molecule has 0 aliphatic heterocycles. The van der Waals surface area contributed by atoms with Crippen LogP contribution in [0, 0.1) is 41.9 Å². The molecule has 0 bridgehead atoms. The van der Waals surface area contributed by atoms with Crippen molar-refractivity contribution in [3.05, 3.63) is 76.5 Å². The van der Waals surface area contributed by atoms with Gasteiger partial charge in [-0.1, -0.05) is 49.8 Å². The summed E-state index contributed by atoms with van der Waals surface area (Å²) in [6.07, 6.45) is 12.0. The zero-order chi connectivity index (χ0) is 26.2. The summed E-state index contributed by atoms with van der Waals surface area (Å²) < 4.78 is 0. The first kappa shape index (κ1) is 24.2. The van der Waals surface area contributed by atoms with Crippen molar-refractivity contribution < 1.29 is 9.59 Å². The Kier molecular flexibility index (Phi) is 5.65. The monoisotopic (exact) mass is 505 g/mol. The van der Waals surface area contributed by atoms with Crippen LogP contribution in [0.2, 0.25) is 0 Å². The zero-order valence-corrected chi connectivity index (χ0v) is 23.0. The Balaban J connectivity index is 1.33. The molecule has 1 heterocycles. The van der Waals surface area contributed by atoms with Gasteiger partial charge in [-0.15, -0.1) is 0 Å². The molecule has 3 nitrogen and oxygen atoms in total. The predicted octanol–water partition coefficient (Wildman–Crippen LogP) is 7.80. The fraction of sp³-hybridized carbons (Fsp3) is 0.514. The Morgan fingerprint density at radius 3 is 2.50 bits per heavy atom. The van der Waals surface area contributed by atoms with Crippen molar-refractivity contribution >= 4 is 11.6 Å². The lowest BCUT2D eigenvalue weighted by Gasteiger charge is -2.52. The van der Waals surface area contributed by atoms with E-state index in [9.17, 15) is 9.59 Å². The number of carbonyl (C=O) groups excluding carboxylic acids is 2. The number of aromatic nitrogens is 1. The van der Waals surface area contributed by atoms with Gasteiger partial charge in [0.15, 0.2) is 5.78 Å². The number of benzene rings is 1. The quantitative estimate of drug-likeness (QED) is 0.426. The number of carbonyl (C=O) groups is 2. The van der Waals surface area contributed by atoms with Gasteiger partial charge in [0.05, 0.1) is 5.69 Å². The van der Waals surface area contributed by atoms with E-state index in [-0.39, 0.29) is 11.3 Å². The van der Waals surface area contributed by atoms with Gasteiger partial charge in [-0.05, 0) is 109 Å². The second kappa shape index (κ2) is 8.86. The van der Waals surface area contributed by atoms with Crippen molar-refractivity contribution in [2.45, 2.75) is 78.1 Å². The lowest BCUT2D eigenvalue weighted by molar-refractivity contribution is -0.130. The highest BCUT2D eigenvalue weighted by Gasteiger charge is 2.61. The van der Waals surface area contributed by atoms with E-state index in [4.69, 9.17) is 0 Å². The Bertz CT molecular complexity index is 1360. The van der Waals surface area contributed by atoms with E-state index >= 15 is 0 Å². The summed E-state index contributed by atoms with van der Waals surface area (Å²) in [5.41, 5.74) is 9.14. The van der Waals surface area contributed by atoms with Crippen LogP contribution in [0.25, 0.3) is 11.3 Å². The summed E-state index contributed by atoms with van der Waals surface area (Å²) in [6.45, 7) is 6.90. The lowest BCUT2D eigenvalue weighted by atomic mass is 9.51. The lowest BCUT2D eigenvalue weighted by Crippen LogP contribution is -2.45. The molecule has 3 heteroatoms. The molecule has 2 aromatic rings. The van der Waals surface area contributed by atoms with Crippen LogP contribution in [0.3, 0.4) is 0 Å². The first-order chi connectivity index (χ1) is 18.3. The van der Waals surface area contributed by atoms with Crippen molar-refractivity contribution in [2.75, 3.05) is 0 Å². The van der Waals surface area contributed by atoms with E-state index in [2.05, 4.69) is 62.2 Å². The maximum Gasteiger partial charge on any atom is 0.156 e. The van der Waals surface area contributed by atoms with Crippen molar-refractivity contribution in [3.63, 3.8) is 0 Å². The fourth-order valence-electron chi connectivity index (χ4n) is 9.08. The van der Waals surface area contributed by atoms with Crippen LogP contribution in [-0.2, 0) is 9.59 Å². The smallest absolute Gasteiger partial charge is 0.156 e. The van der Waals surface area contributed by atoms with E-state index in [1.807, 2.05) is 12.3 Å². The Morgan fingerprint density at radius 2 is 1.79 bits per heavy atom. The molecule has 0 radical (unpaired) electrons. The molecule has 1 aromatic carbocycles. The number of pyridine rings is 1. The van der Waals surface area contributed by atoms with Crippen LogP contribution in [-0.4, -0.2) is 16.6 Å². The van der Waals surface area contributed by atoms with E-state index < -0.39 is 0 Å². The predicted molar refractivity (Wildman–Crippen MR) is 150 cm³/mol. The van der Waals surface area contributed by atoms with Gasteiger partial charge in [0.25, 0.3) is 0 Å². The van der Waals surface area contributed by atoms with Gasteiger partial charge >= 0.3 is 0 Å². The molecule has 0 saturated heterocycles. The van der Waals surface area contributed by atoms with Crippen LogP contribution in [0.5, 0.6) is 0 Å². The largest absolute Gasteiger partial charge is 0.299 e. The molecule has 0 N–H and O–H groups in total. The first-order valence-corrected chi connectivity index (χ1v) is 14.9. The maximum atomic E-state index is 13.7. The number of Topliss-reactive ketones (excluding diaryl/α,β-unsaturated/α-hetero) is 1. The van der Waals surface area contributed by atoms with Crippen molar-refractivity contribution in [2.24, 2.45) is 35.0 Å². The third kappa shape index (κ3) is 3.80. The molecule has 0 amide bonds. The molecule has 7 rings (SSSR count). The summed E-state index contributed by atoms with van der Waals surface area (Å²) in [4.78, 5) is 30.7. The van der Waals surface area contributed by atoms with Crippen molar-refractivity contribution in [1.29, 1.82) is 0 Å². The molecule has 5 aliphatic rings. The minimum Gasteiger partial charge on any atom is -0.299 e. The number of hydrogen-bond acceptors (Lipinski definition) is 3. The summed E-state index contributed by atoms with van der Waals surface area (Å²) in [7, 11) is 0. The van der Waals surface area contributed by atoms with Gasteiger partial charge < -0.3 is 0 Å². The van der Waals surface area contributed by atoms with Crippen molar-refractivity contribution in [1.82, 2.24) is 4.98 Å². The number of aryl methyl sites for hydroxylation is 1. The minimum absolute atomic E-state index is 0.0430. The Labute approximate surface area is 226 Å². The van der Waals surface area contributed by atoms with Gasteiger partial charge in [0.1, 0.15) is 5.78 Å². The van der Waals surface area contributed by atoms with Crippen LogP contribution in [0.1, 0.15) is 82.3 Å². The molecule has 0 spiro atoms. The van der Waals surface area contributed by atoms with Gasteiger partial charge in [-0.3, -0.25) is 14.6 Å². The number of allylic oxidation sites excluding steroid dienone is 4. The van der Waals surface area contributed by atoms with E-state index in [1.54, 1.807) is 5.57 Å². The third-order valence-electron chi connectivity index (χ3n) is 10.9. The number of fused-ring (bicyclic) bond motifs is 4. The van der Waals surface area contributed by atoms with Gasteiger partial charge in [0.2, 0.25) is 0 Å². The molecule has 38 heavy (non-hydrogen) atoms. The second-order valence-electron chi connectivity index (χ2n) is 13.3. The Hall–Kier alpha value is -2.81. The molecular weight excluding hydrogens is 466 g/mol. The van der Waals surface area contributed by atoms with Gasteiger partial charge in [0, 0.05) is 35.9 Å². The standard InChI is InChI=1S/C35H39NO2/c1-20-4-15-31(36-19-20)23-7-5-22(6-8-23)29-18-35(3)30(16-21(2)33(35)34(38)24-9-10-24)28-13-11-25-17-26(37)12-14-27(25)32(28)29/h4-8,15,17,19,21,24,28-30,33H,9-14,16,18H2,1-3H3/t21-,28+,29-,30+,33-,35+/m1/s1. The summed E-state index contributed by atoms with van der Waals surface area (Å²) in [5, 5.41) is 0. The van der Waals surface area contributed by atoms with Crippen LogP contribution >= 0.6 is 0 Å². The zero-order valence-electron chi connectivity index (χ0n) is 23.0. The average molecular weight is 506 g/mol. The second-order valence-corrected chi connectivity index (χ2v) is 13.3. The molecule has 5 aliphatic carbocycles.